The Morgan fingerprint density at radius 3 is 2.08 bits per heavy atom. The van der Waals surface area contributed by atoms with Crippen molar-refractivity contribution in [3.8, 4) is 0 Å². The standard InChI is InChI=1S/C19H24Cl2NO3P/c1-13(2)12-25-26(24,15-10-8-14(9-11-15)22(3)4)19(23)18-16(20)6-5-7-17(18)21/h5-11,13,19,23H,12H2,1-4H3. The van der Waals surface area contributed by atoms with Gasteiger partial charge in [0.15, 0.2) is 5.85 Å². The van der Waals surface area contributed by atoms with E-state index in [4.69, 9.17) is 27.7 Å². The molecule has 0 aliphatic carbocycles. The molecule has 4 nitrogen and oxygen atoms in total. The van der Waals surface area contributed by atoms with Gasteiger partial charge in [-0.05, 0) is 42.3 Å². The highest BCUT2D eigenvalue weighted by molar-refractivity contribution is 7.67. The number of aliphatic hydroxyl groups excluding tert-OH is 1. The Hall–Kier alpha value is -1.03. The molecule has 7 heteroatoms. The van der Waals surface area contributed by atoms with E-state index in [1.54, 1.807) is 30.3 Å². The first-order chi connectivity index (χ1) is 12.2. The second-order valence-electron chi connectivity index (χ2n) is 6.71. The van der Waals surface area contributed by atoms with E-state index in [1.165, 1.54) is 0 Å². The van der Waals surface area contributed by atoms with Crippen molar-refractivity contribution < 1.29 is 14.2 Å². The quantitative estimate of drug-likeness (QED) is 0.621. The van der Waals surface area contributed by atoms with Crippen molar-refractivity contribution in [3.63, 3.8) is 0 Å². The maximum Gasteiger partial charge on any atom is 0.264 e. The maximum atomic E-state index is 13.8. The number of hydrogen-bond acceptors (Lipinski definition) is 4. The maximum absolute atomic E-state index is 13.8. The van der Waals surface area contributed by atoms with Gasteiger partial charge in [-0.15, -0.1) is 0 Å². The second kappa shape index (κ2) is 8.77. The van der Waals surface area contributed by atoms with Gasteiger partial charge >= 0.3 is 0 Å². The van der Waals surface area contributed by atoms with Crippen LogP contribution in [-0.4, -0.2) is 25.8 Å². The summed E-state index contributed by atoms with van der Waals surface area (Å²) in [5.74, 6) is -1.30. The normalized spacial score (nSPS) is 14.9. The topological polar surface area (TPSA) is 49.8 Å². The van der Waals surface area contributed by atoms with Gasteiger partial charge < -0.3 is 14.5 Å². The fraction of sp³-hybridized carbons (Fsp3) is 0.368. The molecule has 142 valence electrons. The Morgan fingerprint density at radius 1 is 1.08 bits per heavy atom. The molecule has 0 aliphatic rings. The number of nitrogens with zero attached hydrogens (tertiary/aromatic N) is 1. The van der Waals surface area contributed by atoms with Gasteiger partial charge in [0.05, 0.1) is 6.61 Å². The van der Waals surface area contributed by atoms with Gasteiger partial charge in [-0.25, -0.2) is 0 Å². The van der Waals surface area contributed by atoms with E-state index in [9.17, 15) is 9.67 Å². The third-order valence-electron chi connectivity index (χ3n) is 3.91. The molecule has 2 aromatic carbocycles. The summed E-state index contributed by atoms with van der Waals surface area (Å²) in [5.41, 5.74) is 1.18. The molecule has 0 fully saturated rings. The number of aliphatic hydroxyl groups is 1. The summed E-state index contributed by atoms with van der Waals surface area (Å²) in [4.78, 5) is 1.94. The Bertz CT molecular complexity index is 774. The Balaban J connectivity index is 2.52. The monoisotopic (exact) mass is 415 g/mol. The molecule has 2 atom stereocenters. The highest BCUT2D eigenvalue weighted by Crippen LogP contribution is 2.60. The van der Waals surface area contributed by atoms with E-state index < -0.39 is 13.2 Å². The van der Waals surface area contributed by atoms with Crippen LogP contribution in [0.25, 0.3) is 0 Å². The molecule has 2 aromatic rings. The van der Waals surface area contributed by atoms with Crippen LogP contribution >= 0.6 is 30.6 Å². The van der Waals surface area contributed by atoms with E-state index in [-0.39, 0.29) is 28.1 Å². The summed E-state index contributed by atoms with van der Waals surface area (Å²) in [5, 5.41) is 11.9. The molecule has 0 amide bonds. The number of hydrogen-bond donors (Lipinski definition) is 1. The molecule has 0 aliphatic heterocycles. The van der Waals surface area contributed by atoms with Crippen LogP contribution in [0.1, 0.15) is 25.3 Å². The summed E-state index contributed by atoms with van der Waals surface area (Å²) in [6.07, 6.45) is 0. The molecular formula is C19H24Cl2NO3P. The SMILES string of the molecule is CC(C)COP(=O)(c1ccc(N(C)C)cc1)C(O)c1c(Cl)cccc1Cl. The molecular weight excluding hydrogens is 392 g/mol. The van der Waals surface area contributed by atoms with Crippen LogP contribution in [0.2, 0.25) is 10.0 Å². The van der Waals surface area contributed by atoms with Crippen LogP contribution in [0.3, 0.4) is 0 Å². The van der Waals surface area contributed by atoms with E-state index >= 15 is 0 Å². The fourth-order valence-electron chi connectivity index (χ4n) is 2.43. The first kappa shape index (κ1) is 21.3. The largest absolute Gasteiger partial charge is 0.378 e. The minimum Gasteiger partial charge on any atom is -0.378 e. The summed E-state index contributed by atoms with van der Waals surface area (Å²) in [6.45, 7) is 4.15. The molecule has 26 heavy (non-hydrogen) atoms. The minimum atomic E-state index is -3.67. The van der Waals surface area contributed by atoms with Crippen LogP contribution in [0, 0.1) is 5.92 Å². The van der Waals surface area contributed by atoms with E-state index in [2.05, 4.69) is 0 Å². The lowest BCUT2D eigenvalue weighted by Crippen LogP contribution is -2.18. The predicted molar refractivity (Wildman–Crippen MR) is 110 cm³/mol. The average Bonchev–Trinajstić information content (AvgIpc) is 2.59. The van der Waals surface area contributed by atoms with E-state index in [0.717, 1.165) is 5.69 Å². The van der Waals surface area contributed by atoms with Crippen molar-refractivity contribution in [2.24, 2.45) is 5.92 Å². The number of halogens is 2. The third kappa shape index (κ3) is 4.62. The van der Waals surface area contributed by atoms with Crippen LogP contribution in [-0.2, 0) is 9.09 Å². The van der Waals surface area contributed by atoms with Crippen molar-refractivity contribution in [2.75, 3.05) is 25.6 Å². The van der Waals surface area contributed by atoms with Gasteiger partial charge in [0.2, 0.25) is 0 Å². The summed E-state index contributed by atoms with van der Waals surface area (Å²) in [6, 6.07) is 12.0. The fourth-order valence-corrected chi connectivity index (χ4v) is 5.46. The van der Waals surface area contributed by atoms with Crippen molar-refractivity contribution in [2.45, 2.75) is 19.7 Å². The highest BCUT2D eigenvalue weighted by Gasteiger charge is 2.38. The smallest absolute Gasteiger partial charge is 0.264 e. The molecule has 0 saturated carbocycles. The number of rotatable bonds is 7. The molecule has 0 spiro atoms. The Labute approximate surface area is 165 Å². The summed E-state index contributed by atoms with van der Waals surface area (Å²) >= 11 is 12.4. The molecule has 0 aromatic heterocycles. The Kier molecular flexibility index (Phi) is 7.18. The predicted octanol–water partition coefficient (Wildman–Crippen LogP) is 5.33. The van der Waals surface area contributed by atoms with Crippen molar-refractivity contribution in [1.29, 1.82) is 0 Å². The van der Waals surface area contributed by atoms with E-state index in [1.807, 2.05) is 45.0 Å². The van der Waals surface area contributed by atoms with Crippen LogP contribution in [0.15, 0.2) is 42.5 Å². The third-order valence-corrected chi connectivity index (χ3v) is 7.02. The van der Waals surface area contributed by atoms with Gasteiger partial charge in [0, 0.05) is 40.7 Å². The zero-order chi connectivity index (χ0) is 19.5. The minimum absolute atomic E-state index is 0.151. The van der Waals surface area contributed by atoms with Crippen molar-refractivity contribution in [3.05, 3.63) is 58.1 Å². The first-order valence-electron chi connectivity index (χ1n) is 8.31. The molecule has 2 rings (SSSR count). The van der Waals surface area contributed by atoms with Gasteiger partial charge in [-0.3, -0.25) is 4.57 Å². The van der Waals surface area contributed by atoms with Crippen LogP contribution in [0.4, 0.5) is 5.69 Å². The van der Waals surface area contributed by atoms with Crippen LogP contribution < -0.4 is 10.2 Å². The zero-order valence-corrected chi connectivity index (χ0v) is 17.7. The van der Waals surface area contributed by atoms with Crippen molar-refractivity contribution >= 4 is 41.6 Å². The molecule has 1 N–H and O–H groups in total. The zero-order valence-electron chi connectivity index (χ0n) is 15.3. The number of benzene rings is 2. The lowest BCUT2D eigenvalue weighted by molar-refractivity contribution is 0.203. The highest BCUT2D eigenvalue weighted by atomic mass is 35.5. The summed E-state index contributed by atoms with van der Waals surface area (Å²) < 4.78 is 19.6. The molecule has 0 saturated heterocycles. The Morgan fingerprint density at radius 2 is 1.62 bits per heavy atom. The molecule has 2 unspecified atom stereocenters. The average molecular weight is 416 g/mol. The second-order valence-corrected chi connectivity index (χ2v) is 9.98. The molecule has 0 radical (unpaired) electrons. The van der Waals surface area contributed by atoms with Crippen molar-refractivity contribution in [1.82, 2.24) is 0 Å². The lowest BCUT2D eigenvalue weighted by atomic mass is 10.2. The number of anilines is 1. The summed E-state index contributed by atoms with van der Waals surface area (Å²) in [7, 11) is 0.163. The van der Waals surface area contributed by atoms with Gasteiger partial charge in [-0.2, -0.15) is 0 Å². The van der Waals surface area contributed by atoms with Gasteiger partial charge in [-0.1, -0.05) is 43.1 Å². The lowest BCUT2D eigenvalue weighted by Gasteiger charge is -2.27. The molecule has 0 bridgehead atoms. The van der Waals surface area contributed by atoms with Gasteiger partial charge in [0.1, 0.15) is 0 Å². The van der Waals surface area contributed by atoms with Crippen LogP contribution in [0.5, 0.6) is 0 Å². The molecule has 0 heterocycles. The first-order valence-corrected chi connectivity index (χ1v) is 10.8. The van der Waals surface area contributed by atoms with E-state index in [0.29, 0.717) is 5.30 Å². The van der Waals surface area contributed by atoms with Gasteiger partial charge in [0.25, 0.3) is 7.37 Å².